The van der Waals surface area contributed by atoms with Crippen molar-refractivity contribution in [2.45, 2.75) is 32.5 Å². The molecule has 0 radical (unpaired) electrons. The molecule has 0 aliphatic carbocycles. The van der Waals surface area contributed by atoms with Gasteiger partial charge in [-0.3, -0.25) is 9.59 Å². The number of hydrogen-bond acceptors (Lipinski definition) is 5. The van der Waals surface area contributed by atoms with Crippen molar-refractivity contribution in [3.8, 4) is 5.75 Å². The maximum absolute atomic E-state index is 12.8. The summed E-state index contributed by atoms with van der Waals surface area (Å²) in [5.41, 5.74) is 0.974. The lowest BCUT2D eigenvalue weighted by molar-refractivity contribution is -0.137. The Morgan fingerprint density at radius 1 is 0.892 bits per heavy atom. The zero-order valence-corrected chi connectivity index (χ0v) is 20.1. The lowest BCUT2D eigenvalue weighted by Crippen LogP contribution is -2.30. The number of esters is 1. The summed E-state index contributed by atoms with van der Waals surface area (Å²) in [4.78, 5) is 36.8. The smallest absolute Gasteiger partial charge is 0.416 e. The van der Waals surface area contributed by atoms with Crippen LogP contribution in [-0.2, 0) is 26.9 Å². The molecular formula is C27H25F3N2O5. The number of benzene rings is 3. The van der Waals surface area contributed by atoms with Gasteiger partial charge in [-0.2, -0.15) is 13.2 Å². The molecule has 0 saturated heterocycles. The molecule has 10 heteroatoms. The molecule has 2 N–H and O–H groups in total. The number of carbonyl (C=O) groups excluding carboxylic acids is 3. The first-order valence-corrected chi connectivity index (χ1v) is 11.4. The van der Waals surface area contributed by atoms with E-state index >= 15 is 0 Å². The number of alkyl halides is 3. The Kier molecular flexibility index (Phi) is 8.89. The van der Waals surface area contributed by atoms with E-state index in [2.05, 4.69) is 10.6 Å². The van der Waals surface area contributed by atoms with Gasteiger partial charge in [0.2, 0.25) is 0 Å². The minimum absolute atomic E-state index is 0.0161. The Balaban J connectivity index is 1.47. The summed E-state index contributed by atoms with van der Waals surface area (Å²) in [5, 5.41) is 5.02. The lowest BCUT2D eigenvalue weighted by Gasteiger charge is -2.14. The van der Waals surface area contributed by atoms with E-state index < -0.39 is 42.2 Å². The molecule has 0 spiro atoms. The number of halogens is 3. The highest BCUT2D eigenvalue weighted by Crippen LogP contribution is 2.30. The third-order valence-corrected chi connectivity index (χ3v) is 5.22. The minimum Gasteiger partial charge on any atom is -0.484 e. The van der Waals surface area contributed by atoms with Crippen LogP contribution < -0.4 is 15.4 Å². The van der Waals surface area contributed by atoms with Crippen LogP contribution in [0.5, 0.6) is 5.75 Å². The van der Waals surface area contributed by atoms with Crippen molar-refractivity contribution in [3.63, 3.8) is 0 Å². The van der Waals surface area contributed by atoms with Crippen LogP contribution in [0, 0.1) is 0 Å². The number of rotatable bonds is 9. The maximum atomic E-state index is 12.8. The van der Waals surface area contributed by atoms with Gasteiger partial charge in [0, 0.05) is 11.4 Å². The van der Waals surface area contributed by atoms with Crippen molar-refractivity contribution in [2.24, 2.45) is 0 Å². The third kappa shape index (κ3) is 8.09. The Labute approximate surface area is 211 Å². The number of anilines is 2. The molecule has 194 valence electrons. The fraction of sp³-hybridized carbons (Fsp3) is 0.222. The first-order chi connectivity index (χ1) is 17.5. The molecule has 0 fully saturated rings. The predicted octanol–water partition coefficient (Wildman–Crippen LogP) is 5.47. The van der Waals surface area contributed by atoms with Crippen LogP contribution in [0.3, 0.4) is 0 Å². The summed E-state index contributed by atoms with van der Waals surface area (Å²) in [7, 11) is 0. The molecule has 3 aromatic rings. The third-order valence-electron chi connectivity index (χ3n) is 5.22. The summed E-state index contributed by atoms with van der Waals surface area (Å²) in [6.07, 6.45) is -4.70. The Hall–Kier alpha value is -4.34. The first-order valence-electron chi connectivity index (χ1n) is 11.4. The fourth-order valence-corrected chi connectivity index (χ4v) is 3.16. The van der Waals surface area contributed by atoms with Crippen LogP contribution >= 0.6 is 0 Å². The molecule has 1 atom stereocenters. The molecule has 0 aliphatic rings. The normalized spacial score (nSPS) is 11.8. The van der Waals surface area contributed by atoms with Crippen LogP contribution in [0.15, 0.2) is 72.8 Å². The highest BCUT2D eigenvalue weighted by Gasteiger charge is 2.30. The summed E-state index contributed by atoms with van der Waals surface area (Å²) in [6, 6.07) is 17.2. The second-order valence-corrected chi connectivity index (χ2v) is 8.03. The van der Waals surface area contributed by atoms with E-state index in [1.165, 1.54) is 43.3 Å². The quantitative estimate of drug-likeness (QED) is 0.370. The molecule has 3 rings (SSSR count). The van der Waals surface area contributed by atoms with Crippen LogP contribution in [0.4, 0.5) is 24.5 Å². The maximum Gasteiger partial charge on any atom is 0.416 e. The fourth-order valence-electron chi connectivity index (χ4n) is 3.16. The molecule has 7 nitrogen and oxygen atoms in total. The van der Waals surface area contributed by atoms with E-state index in [1.54, 1.807) is 12.1 Å². The SMILES string of the molecule is CCc1ccc(NC(=O)[C@H](C)OC(=O)c2ccc(OCC(=O)Nc3cccc(C(F)(F)F)c3)cc2)cc1. The topological polar surface area (TPSA) is 93.7 Å². The number of ether oxygens (including phenoxy) is 2. The van der Waals surface area contributed by atoms with Gasteiger partial charge in [-0.1, -0.05) is 25.1 Å². The molecule has 0 heterocycles. The summed E-state index contributed by atoms with van der Waals surface area (Å²) >= 11 is 0. The van der Waals surface area contributed by atoms with Crippen molar-refractivity contribution in [1.29, 1.82) is 0 Å². The summed E-state index contributed by atoms with van der Waals surface area (Å²) in [5.74, 6) is -1.62. The molecule has 37 heavy (non-hydrogen) atoms. The highest BCUT2D eigenvalue weighted by molar-refractivity contribution is 5.97. The van der Waals surface area contributed by atoms with Gasteiger partial charge in [0.25, 0.3) is 11.8 Å². The second kappa shape index (κ2) is 12.1. The monoisotopic (exact) mass is 514 g/mol. The largest absolute Gasteiger partial charge is 0.484 e. The van der Waals surface area contributed by atoms with Gasteiger partial charge in [-0.15, -0.1) is 0 Å². The average molecular weight is 515 g/mol. The zero-order chi connectivity index (χ0) is 27.0. The standard InChI is InChI=1S/C27H25F3N2O5/c1-3-18-7-11-21(12-8-18)32-25(34)17(2)37-26(35)19-9-13-23(14-10-19)36-16-24(33)31-22-6-4-5-20(15-22)27(28,29)30/h4-15,17H,3,16H2,1-2H3,(H,31,33)(H,32,34)/t17-/m0/s1. The molecule has 0 aromatic heterocycles. The van der Waals surface area contributed by atoms with E-state index in [0.29, 0.717) is 5.69 Å². The van der Waals surface area contributed by atoms with Gasteiger partial charge in [0.15, 0.2) is 12.7 Å². The lowest BCUT2D eigenvalue weighted by atomic mass is 10.1. The van der Waals surface area contributed by atoms with Gasteiger partial charge in [0.1, 0.15) is 5.75 Å². The van der Waals surface area contributed by atoms with Crippen molar-refractivity contribution < 1.29 is 37.0 Å². The Morgan fingerprint density at radius 2 is 1.57 bits per heavy atom. The number of hydrogen-bond donors (Lipinski definition) is 2. The van der Waals surface area contributed by atoms with Gasteiger partial charge >= 0.3 is 12.1 Å². The van der Waals surface area contributed by atoms with Crippen molar-refractivity contribution in [1.82, 2.24) is 0 Å². The van der Waals surface area contributed by atoms with Gasteiger partial charge in [0.05, 0.1) is 11.1 Å². The van der Waals surface area contributed by atoms with Crippen molar-refractivity contribution in [2.75, 3.05) is 17.2 Å². The zero-order valence-electron chi connectivity index (χ0n) is 20.1. The van der Waals surface area contributed by atoms with Crippen molar-refractivity contribution >= 4 is 29.2 Å². The summed E-state index contributed by atoms with van der Waals surface area (Å²) < 4.78 is 48.9. The number of carbonyl (C=O) groups is 3. The highest BCUT2D eigenvalue weighted by atomic mass is 19.4. The van der Waals surface area contributed by atoms with E-state index in [0.717, 1.165) is 24.1 Å². The van der Waals surface area contributed by atoms with Crippen molar-refractivity contribution in [3.05, 3.63) is 89.5 Å². The summed E-state index contributed by atoms with van der Waals surface area (Å²) in [6.45, 7) is 3.01. The second-order valence-electron chi connectivity index (χ2n) is 8.03. The molecule has 0 aliphatic heterocycles. The molecule has 0 saturated carbocycles. The molecule has 3 aromatic carbocycles. The van der Waals surface area contributed by atoms with Crippen LogP contribution in [0.2, 0.25) is 0 Å². The van der Waals surface area contributed by atoms with E-state index in [9.17, 15) is 27.6 Å². The van der Waals surface area contributed by atoms with E-state index in [-0.39, 0.29) is 17.0 Å². The van der Waals surface area contributed by atoms with Gasteiger partial charge in [-0.05, 0) is 73.5 Å². The predicted molar refractivity (Wildman–Crippen MR) is 131 cm³/mol. The molecular weight excluding hydrogens is 489 g/mol. The van der Waals surface area contributed by atoms with Crippen LogP contribution in [-0.4, -0.2) is 30.5 Å². The molecule has 0 bridgehead atoms. The van der Waals surface area contributed by atoms with Gasteiger partial charge in [-0.25, -0.2) is 4.79 Å². The van der Waals surface area contributed by atoms with E-state index in [1.807, 2.05) is 19.1 Å². The average Bonchev–Trinajstić information content (AvgIpc) is 2.87. The Morgan fingerprint density at radius 3 is 2.19 bits per heavy atom. The minimum atomic E-state index is -4.53. The number of aryl methyl sites for hydroxylation is 1. The Bertz CT molecular complexity index is 1240. The van der Waals surface area contributed by atoms with Crippen LogP contribution in [0.1, 0.15) is 35.3 Å². The van der Waals surface area contributed by atoms with E-state index in [4.69, 9.17) is 9.47 Å². The molecule has 2 amide bonds. The first kappa shape index (κ1) is 27.3. The number of amides is 2. The number of nitrogens with one attached hydrogen (secondary N) is 2. The van der Waals surface area contributed by atoms with Crippen LogP contribution in [0.25, 0.3) is 0 Å². The molecule has 0 unspecified atom stereocenters. The van der Waals surface area contributed by atoms with Gasteiger partial charge < -0.3 is 20.1 Å².